The molecule has 3 amide bonds. The molecule has 114 valence electrons. The summed E-state index contributed by atoms with van der Waals surface area (Å²) in [5, 5.41) is 10.7. The van der Waals surface area contributed by atoms with Crippen molar-refractivity contribution in [3.8, 4) is 0 Å². The van der Waals surface area contributed by atoms with E-state index in [9.17, 15) is 19.2 Å². The van der Waals surface area contributed by atoms with E-state index in [4.69, 9.17) is 9.84 Å². The molecule has 4 atom stereocenters. The van der Waals surface area contributed by atoms with Gasteiger partial charge in [0.2, 0.25) is 17.7 Å². The molecule has 0 aliphatic carbocycles. The third kappa shape index (κ3) is 2.29. The third-order valence-corrected chi connectivity index (χ3v) is 4.37. The summed E-state index contributed by atoms with van der Waals surface area (Å²) in [6, 6.07) is 0. The molecular weight excluding hydrogens is 280 g/mol. The summed E-state index contributed by atoms with van der Waals surface area (Å²) in [5.74, 6) is -2.93. The number of carbonyl (C=O) groups is 4. The van der Waals surface area contributed by atoms with Gasteiger partial charge in [0.15, 0.2) is 0 Å². The molecule has 3 aliphatic rings. The number of likely N-dealkylation sites (tertiary alicyclic amines) is 1. The highest BCUT2D eigenvalue weighted by atomic mass is 16.5. The van der Waals surface area contributed by atoms with Crippen molar-refractivity contribution >= 4 is 23.7 Å². The van der Waals surface area contributed by atoms with Gasteiger partial charge in [0.05, 0.1) is 24.0 Å². The van der Waals surface area contributed by atoms with E-state index in [1.165, 1.54) is 0 Å². The van der Waals surface area contributed by atoms with Crippen LogP contribution in [0, 0.1) is 11.8 Å². The number of carbonyl (C=O) groups excluding carboxylic acids is 3. The lowest BCUT2D eigenvalue weighted by Gasteiger charge is -2.16. The molecule has 2 N–H and O–H groups in total. The molecule has 3 rings (SSSR count). The Kier molecular flexibility index (Phi) is 3.40. The highest BCUT2D eigenvalue weighted by molar-refractivity contribution is 6.06. The van der Waals surface area contributed by atoms with Gasteiger partial charge in [-0.05, 0) is 12.8 Å². The summed E-state index contributed by atoms with van der Waals surface area (Å²) in [5.41, 5.74) is 0. The van der Waals surface area contributed by atoms with Crippen LogP contribution in [-0.2, 0) is 23.9 Å². The van der Waals surface area contributed by atoms with Crippen LogP contribution in [0.3, 0.4) is 0 Å². The first-order chi connectivity index (χ1) is 9.99. The second-order valence-electron chi connectivity index (χ2n) is 5.59. The highest BCUT2D eigenvalue weighted by Gasteiger charge is 2.62. The Bertz CT molecular complexity index is 491. The van der Waals surface area contributed by atoms with E-state index < -0.39 is 30.3 Å². The summed E-state index contributed by atoms with van der Waals surface area (Å²) in [6.07, 6.45) is 1.19. The van der Waals surface area contributed by atoms with Gasteiger partial charge < -0.3 is 15.2 Å². The predicted molar refractivity (Wildman–Crippen MR) is 66.9 cm³/mol. The predicted octanol–water partition coefficient (Wildman–Crippen LogP) is -1.26. The minimum absolute atomic E-state index is 0.00441. The van der Waals surface area contributed by atoms with Crippen LogP contribution in [0.1, 0.15) is 19.3 Å². The average molecular weight is 296 g/mol. The molecule has 3 saturated heterocycles. The molecule has 0 aromatic carbocycles. The van der Waals surface area contributed by atoms with Gasteiger partial charge in [-0.2, -0.15) is 0 Å². The molecule has 3 fully saturated rings. The fourth-order valence-corrected chi connectivity index (χ4v) is 3.47. The maximum Gasteiger partial charge on any atom is 0.322 e. The van der Waals surface area contributed by atoms with Crippen LogP contribution >= 0.6 is 0 Å². The molecule has 2 bridgehead atoms. The zero-order valence-electron chi connectivity index (χ0n) is 11.3. The number of imide groups is 1. The number of nitrogens with one attached hydrogen (secondary N) is 1. The van der Waals surface area contributed by atoms with Gasteiger partial charge >= 0.3 is 5.97 Å². The van der Waals surface area contributed by atoms with Crippen molar-refractivity contribution in [3.05, 3.63) is 0 Å². The minimum Gasteiger partial charge on any atom is -0.480 e. The summed E-state index contributed by atoms with van der Waals surface area (Å²) in [6.45, 7) is -0.473. The average Bonchev–Trinajstić information content (AvgIpc) is 3.10. The second kappa shape index (κ2) is 5.10. The van der Waals surface area contributed by atoms with E-state index in [1.807, 2.05) is 0 Å². The number of nitrogens with zero attached hydrogens (tertiary/aromatic N) is 1. The molecular formula is C13H16N2O6. The summed E-state index contributed by atoms with van der Waals surface area (Å²) in [4.78, 5) is 47.4. The number of ether oxygens (including phenoxy) is 1. The van der Waals surface area contributed by atoms with E-state index in [-0.39, 0.29) is 37.0 Å². The van der Waals surface area contributed by atoms with Crippen LogP contribution in [0.5, 0.6) is 0 Å². The summed E-state index contributed by atoms with van der Waals surface area (Å²) < 4.78 is 5.61. The lowest BCUT2D eigenvalue weighted by Crippen LogP contribution is -2.38. The van der Waals surface area contributed by atoms with Gasteiger partial charge in [-0.25, -0.2) is 0 Å². The van der Waals surface area contributed by atoms with Crippen LogP contribution in [0.25, 0.3) is 0 Å². The second-order valence-corrected chi connectivity index (χ2v) is 5.59. The fraction of sp³-hybridized carbons (Fsp3) is 0.692. The Morgan fingerprint density at radius 3 is 2.29 bits per heavy atom. The number of amides is 3. The Hall–Kier alpha value is -1.96. The standard InChI is InChI=1S/C13H16N2O6/c16-8(14-5-9(17)18)3-4-15-12(19)10-6-1-2-7(21-6)11(10)13(15)20/h6-7,10-11H,1-5H2,(H,14,16)(H,17,18). The topological polar surface area (TPSA) is 113 Å². The fourth-order valence-electron chi connectivity index (χ4n) is 3.47. The lowest BCUT2D eigenvalue weighted by atomic mass is 9.81. The summed E-state index contributed by atoms with van der Waals surface area (Å²) in [7, 11) is 0. The van der Waals surface area contributed by atoms with Crippen LogP contribution in [0.4, 0.5) is 0 Å². The van der Waals surface area contributed by atoms with Crippen molar-refractivity contribution in [1.29, 1.82) is 0 Å². The zero-order valence-corrected chi connectivity index (χ0v) is 11.3. The van der Waals surface area contributed by atoms with E-state index in [1.54, 1.807) is 0 Å². The van der Waals surface area contributed by atoms with Gasteiger partial charge in [0, 0.05) is 13.0 Å². The van der Waals surface area contributed by atoms with Crippen molar-refractivity contribution < 1.29 is 29.0 Å². The van der Waals surface area contributed by atoms with Crippen molar-refractivity contribution in [2.45, 2.75) is 31.5 Å². The normalized spacial score (nSPS) is 33.4. The minimum atomic E-state index is -1.14. The molecule has 0 aromatic rings. The molecule has 4 unspecified atom stereocenters. The van der Waals surface area contributed by atoms with Crippen LogP contribution < -0.4 is 5.32 Å². The molecule has 3 aliphatic heterocycles. The number of carboxylic acids is 1. The number of carboxylic acid groups (broad SMARTS) is 1. The molecule has 0 aromatic heterocycles. The maximum absolute atomic E-state index is 12.3. The zero-order chi connectivity index (χ0) is 15.1. The van der Waals surface area contributed by atoms with Gasteiger partial charge in [-0.15, -0.1) is 0 Å². The maximum atomic E-state index is 12.3. The van der Waals surface area contributed by atoms with Crippen LogP contribution in [-0.4, -0.2) is 59.0 Å². The third-order valence-electron chi connectivity index (χ3n) is 4.37. The molecule has 0 spiro atoms. The van der Waals surface area contributed by atoms with Gasteiger partial charge in [-0.3, -0.25) is 24.1 Å². The number of hydrogen-bond acceptors (Lipinski definition) is 5. The van der Waals surface area contributed by atoms with Gasteiger partial charge in [-0.1, -0.05) is 0 Å². The lowest BCUT2D eigenvalue weighted by molar-refractivity contribution is -0.143. The monoisotopic (exact) mass is 296 g/mol. The number of rotatable bonds is 5. The molecule has 0 radical (unpaired) electrons. The first-order valence-electron chi connectivity index (χ1n) is 6.98. The Labute approximate surface area is 120 Å². The number of fused-ring (bicyclic) bond motifs is 5. The molecule has 8 heteroatoms. The quantitative estimate of drug-likeness (QED) is 0.612. The van der Waals surface area contributed by atoms with E-state index >= 15 is 0 Å². The highest BCUT2D eigenvalue weighted by Crippen LogP contribution is 2.48. The van der Waals surface area contributed by atoms with E-state index in [2.05, 4.69) is 5.32 Å². The summed E-state index contributed by atoms with van der Waals surface area (Å²) >= 11 is 0. The number of hydrogen-bond donors (Lipinski definition) is 2. The van der Waals surface area contributed by atoms with Crippen LogP contribution in [0.15, 0.2) is 0 Å². The van der Waals surface area contributed by atoms with Crippen molar-refractivity contribution in [2.24, 2.45) is 11.8 Å². The first-order valence-corrected chi connectivity index (χ1v) is 6.98. The number of aliphatic carboxylic acids is 1. The Balaban J connectivity index is 1.57. The van der Waals surface area contributed by atoms with Gasteiger partial charge in [0.25, 0.3) is 0 Å². The van der Waals surface area contributed by atoms with Crippen molar-refractivity contribution in [3.63, 3.8) is 0 Å². The van der Waals surface area contributed by atoms with Crippen LogP contribution in [0.2, 0.25) is 0 Å². The first kappa shape index (κ1) is 14.0. The largest absolute Gasteiger partial charge is 0.480 e. The molecule has 8 nitrogen and oxygen atoms in total. The molecule has 21 heavy (non-hydrogen) atoms. The SMILES string of the molecule is O=C(O)CNC(=O)CCN1C(=O)C2C3CCC(O3)C2C1=O. The van der Waals surface area contributed by atoms with Crippen molar-refractivity contribution in [1.82, 2.24) is 10.2 Å². The smallest absolute Gasteiger partial charge is 0.322 e. The Morgan fingerprint density at radius 1 is 1.19 bits per heavy atom. The van der Waals surface area contributed by atoms with E-state index in [0.29, 0.717) is 0 Å². The van der Waals surface area contributed by atoms with Crippen molar-refractivity contribution in [2.75, 3.05) is 13.1 Å². The van der Waals surface area contributed by atoms with Gasteiger partial charge in [0.1, 0.15) is 6.54 Å². The Morgan fingerprint density at radius 2 is 1.76 bits per heavy atom. The molecule has 0 saturated carbocycles. The molecule has 3 heterocycles. The van der Waals surface area contributed by atoms with E-state index in [0.717, 1.165) is 17.7 Å².